The van der Waals surface area contributed by atoms with E-state index in [0.717, 1.165) is 6.20 Å². The molecule has 1 aromatic rings. The fourth-order valence-corrected chi connectivity index (χ4v) is 0.886. The van der Waals surface area contributed by atoms with Crippen LogP contribution < -0.4 is 5.73 Å². The van der Waals surface area contributed by atoms with Gasteiger partial charge < -0.3 is 10.8 Å². The van der Waals surface area contributed by atoms with Gasteiger partial charge in [-0.2, -0.15) is 0 Å². The lowest BCUT2D eigenvalue weighted by molar-refractivity contribution is 0.150. The van der Waals surface area contributed by atoms with Crippen molar-refractivity contribution in [2.75, 3.05) is 5.73 Å². The molecule has 0 bridgehead atoms. The summed E-state index contributed by atoms with van der Waals surface area (Å²) in [7, 11) is 0. The average Bonchev–Trinajstić information content (AvgIpc) is 2.00. The smallest absolute Gasteiger partial charge is 0.266 e. The first kappa shape index (κ1) is 8.99. The van der Waals surface area contributed by atoms with Gasteiger partial charge in [-0.05, 0) is 0 Å². The molecule has 1 heterocycles. The van der Waals surface area contributed by atoms with Gasteiger partial charge in [0, 0.05) is 6.20 Å². The van der Waals surface area contributed by atoms with E-state index in [9.17, 15) is 8.78 Å². The van der Waals surface area contributed by atoms with E-state index in [0.29, 0.717) is 0 Å². The Kier molecular flexibility index (Phi) is 2.32. The molecule has 6 heteroatoms. The summed E-state index contributed by atoms with van der Waals surface area (Å²) in [5, 5.41) is 8.54. The Morgan fingerprint density at radius 2 is 2.17 bits per heavy atom. The van der Waals surface area contributed by atoms with E-state index in [2.05, 4.69) is 4.98 Å². The Labute approximate surface area is 71.8 Å². The summed E-state index contributed by atoms with van der Waals surface area (Å²) in [5.41, 5.74) is 4.57. The Morgan fingerprint density at radius 1 is 1.58 bits per heavy atom. The predicted octanol–water partition coefficient (Wildman–Crippen LogP) is 1.96. The summed E-state index contributed by atoms with van der Waals surface area (Å²) in [6.07, 6.45) is -1.93. The molecular weight excluding hydrogens is 190 g/mol. The zero-order chi connectivity index (χ0) is 9.30. The second-order valence-corrected chi connectivity index (χ2v) is 2.44. The molecule has 0 amide bonds. The normalized spacial score (nSPS) is 10.7. The quantitative estimate of drug-likeness (QED) is 0.719. The zero-order valence-electron chi connectivity index (χ0n) is 5.76. The van der Waals surface area contributed by atoms with Crippen LogP contribution in [0.1, 0.15) is 12.0 Å². The molecule has 66 valence electrons. The molecule has 0 atom stereocenters. The first-order valence-electron chi connectivity index (χ1n) is 2.95. The van der Waals surface area contributed by atoms with Gasteiger partial charge in [0.05, 0.1) is 10.6 Å². The van der Waals surface area contributed by atoms with Crippen LogP contribution in [0.25, 0.3) is 0 Å². The number of nitrogens with zero attached hydrogens (tertiary/aromatic N) is 1. The zero-order valence-corrected chi connectivity index (χ0v) is 6.52. The highest BCUT2D eigenvalue weighted by atomic mass is 35.5. The van der Waals surface area contributed by atoms with Gasteiger partial charge in [0.15, 0.2) is 11.6 Å². The van der Waals surface area contributed by atoms with Crippen LogP contribution in [0.3, 0.4) is 0 Å². The number of nitrogen functional groups attached to an aromatic ring is 1. The summed E-state index contributed by atoms with van der Waals surface area (Å²) in [6.45, 7) is 0. The molecule has 0 saturated carbocycles. The maximum Gasteiger partial charge on any atom is 0.266 e. The molecule has 0 unspecified atom stereocenters. The van der Waals surface area contributed by atoms with Crippen LogP contribution in [0, 0.1) is 0 Å². The predicted molar refractivity (Wildman–Crippen MR) is 40.3 cm³/mol. The number of pyridine rings is 1. The van der Waals surface area contributed by atoms with Gasteiger partial charge in [-0.25, -0.2) is 13.8 Å². The Hall–Kier alpha value is -1.10. The first-order valence-corrected chi connectivity index (χ1v) is 3.32. The third kappa shape index (κ3) is 1.40. The Bertz CT molecular complexity index is 306. The number of rotatable bonds is 1. The number of halogens is 3. The summed E-state index contributed by atoms with van der Waals surface area (Å²) >= 11 is 5.34. The largest absolute Gasteiger partial charge is 0.503 e. The van der Waals surface area contributed by atoms with Crippen LogP contribution in [0.4, 0.5) is 14.6 Å². The summed E-state index contributed by atoms with van der Waals surface area (Å²) in [4.78, 5) is 3.32. The molecule has 0 aliphatic rings. The number of alkyl halides is 2. The van der Waals surface area contributed by atoms with E-state index < -0.39 is 22.8 Å². The van der Waals surface area contributed by atoms with Crippen molar-refractivity contribution in [3.05, 3.63) is 16.8 Å². The lowest BCUT2D eigenvalue weighted by Crippen LogP contribution is -1.95. The molecule has 0 spiro atoms. The maximum absolute atomic E-state index is 12.1. The van der Waals surface area contributed by atoms with E-state index in [-0.39, 0.29) is 5.82 Å². The molecule has 1 rings (SSSR count). The molecule has 3 N–H and O–H groups in total. The van der Waals surface area contributed by atoms with Gasteiger partial charge in [0.1, 0.15) is 0 Å². The third-order valence-electron chi connectivity index (χ3n) is 1.28. The fraction of sp³-hybridized carbons (Fsp3) is 0.167. The van der Waals surface area contributed by atoms with Gasteiger partial charge in [-0.1, -0.05) is 11.6 Å². The molecule has 0 saturated heterocycles. The minimum absolute atomic E-state index is 0.260. The monoisotopic (exact) mass is 194 g/mol. The Balaban J connectivity index is 3.27. The molecule has 3 nitrogen and oxygen atoms in total. The molecule has 12 heavy (non-hydrogen) atoms. The molecule has 0 aromatic carbocycles. The van der Waals surface area contributed by atoms with Crippen molar-refractivity contribution in [2.24, 2.45) is 0 Å². The van der Waals surface area contributed by atoms with E-state index in [1.54, 1.807) is 0 Å². The van der Waals surface area contributed by atoms with Crippen molar-refractivity contribution < 1.29 is 13.9 Å². The summed E-state index contributed by atoms with van der Waals surface area (Å²) in [5.74, 6) is -0.862. The minimum atomic E-state index is -2.77. The van der Waals surface area contributed by atoms with Crippen molar-refractivity contribution in [1.82, 2.24) is 4.98 Å². The topological polar surface area (TPSA) is 59.1 Å². The molecule has 0 radical (unpaired) electrons. The van der Waals surface area contributed by atoms with Crippen LogP contribution >= 0.6 is 11.6 Å². The van der Waals surface area contributed by atoms with Crippen LogP contribution in [0.5, 0.6) is 5.75 Å². The highest BCUT2D eigenvalue weighted by molar-refractivity contribution is 6.33. The van der Waals surface area contributed by atoms with Crippen LogP contribution in [0.15, 0.2) is 6.20 Å². The van der Waals surface area contributed by atoms with Crippen molar-refractivity contribution in [2.45, 2.75) is 6.43 Å². The summed E-state index contributed by atoms with van der Waals surface area (Å²) < 4.78 is 24.1. The number of aromatic hydroxyl groups is 1. The van der Waals surface area contributed by atoms with Gasteiger partial charge in [0.2, 0.25) is 0 Å². The standard InChI is InChI=1S/C6H5ClF2N2O/c7-3-2(5(8)9)1-11-6(10)4(3)12/h1,5,12H,(H2,10,11). The van der Waals surface area contributed by atoms with Crippen LogP contribution in [0.2, 0.25) is 5.02 Å². The highest BCUT2D eigenvalue weighted by Gasteiger charge is 2.17. The van der Waals surface area contributed by atoms with Crippen molar-refractivity contribution >= 4 is 17.4 Å². The average molecular weight is 195 g/mol. The van der Waals surface area contributed by atoms with Gasteiger partial charge >= 0.3 is 0 Å². The number of nitrogens with two attached hydrogens (primary N) is 1. The number of hydrogen-bond acceptors (Lipinski definition) is 3. The SMILES string of the molecule is Nc1ncc(C(F)F)c(Cl)c1O. The minimum Gasteiger partial charge on any atom is -0.503 e. The third-order valence-corrected chi connectivity index (χ3v) is 1.68. The number of anilines is 1. The second kappa shape index (κ2) is 3.10. The maximum atomic E-state index is 12.1. The van der Waals surface area contributed by atoms with Crippen molar-refractivity contribution in [3.8, 4) is 5.75 Å². The second-order valence-electron chi connectivity index (χ2n) is 2.06. The molecule has 1 aromatic heterocycles. The van der Waals surface area contributed by atoms with E-state index in [1.165, 1.54) is 0 Å². The van der Waals surface area contributed by atoms with Crippen LogP contribution in [-0.2, 0) is 0 Å². The van der Waals surface area contributed by atoms with Crippen LogP contribution in [-0.4, -0.2) is 10.1 Å². The molecule has 0 aliphatic heterocycles. The van der Waals surface area contributed by atoms with E-state index >= 15 is 0 Å². The van der Waals surface area contributed by atoms with Gasteiger partial charge in [-0.15, -0.1) is 0 Å². The number of aromatic nitrogens is 1. The molecule has 0 aliphatic carbocycles. The molecule has 0 fully saturated rings. The van der Waals surface area contributed by atoms with Gasteiger partial charge in [0.25, 0.3) is 6.43 Å². The molecular formula is C6H5ClF2N2O. The van der Waals surface area contributed by atoms with E-state index in [1.807, 2.05) is 0 Å². The van der Waals surface area contributed by atoms with Gasteiger partial charge in [-0.3, -0.25) is 0 Å². The summed E-state index contributed by atoms with van der Waals surface area (Å²) in [6, 6.07) is 0. The van der Waals surface area contributed by atoms with Crippen molar-refractivity contribution in [1.29, 1.82) is 0 Å². The fourth-order valence-electron chi connectivity index (χ4n) is 0.658. The Morgan fingerprint density at radius 3 is 2.67 bits per heavy atom. The lowest BCUT2D eigenvalue weighted by atomic mass is 10.3. The van der Waals surface area contributed by atoms with E-state index in [4.69, 9.17) is 22.4 Å². The number of hydrogen-bond donors (Lipinski definition) is 2. The first-order chi connectivity index (χ1) is 5.54. The highest BCUT2D eigenvalue weighted by Crippen LogP contribution is 2.35. The van der Waals surface area contributed by atoms with Crippen molar-refractivity contribution in [3.63, 3.8) is 0 Å². The lowest BCUT2D eigenvalue weighted by Gasteiger charge is -2.05.